The number of hydrogen-bond donors (Lipinski definition) is 3. The first-order valence-corrected chi connectivity index (χ1v) is 8.69. The molecule has 2 aromatic rings. The van der Waals surface area contributed by atoms with E-state index in [1.165, 1.54) is 11.1 Å². The van der Waals surface area contributed by atoms with Crippen molar-refractivity contribution in [3.05, 3.63) is 55.1 Å². The first kappa shape index (κ1) is 17.4. The number of aromatic hydroxyl groups is 1. The van der Waals surface area contributed by atoms with Crippen LogP contribution in [-0.4, -0.2) is 59.1 Å². The van der Waals surface area contributed by atoms with Gasteiger partial charge in [0, 0.05) is 4.47 Å². The van der Waals surface area contributed by atoms with Gasteiger partial charge in [0.15, 0.2) is 0 Å². The molecule has 1 aromatic heterocycles. The second-order valence-corrected chi connectivity index (χ2v) is 6.88. The minimum Gasteiger partial charge on any atom is -0.493 e. The summed E-state index contributed by atoms with van der Waals surface area (Å²) in [7, 11) is 2.12. The van der Waals surface area contributed by atoms with Crippen LogP contribution in [0.3, 0.4) is 0 Å². The summed E-state index contributed by atoms with van der Waals surface area (Å²) < 4.78 is 1.88. The first-order valence-electron chi connectivity index (χ1n) is 7.90. The van der Waals surface area contributed by atoms with Crippen molar-refractivity contribution < 1.29 is 10.0 Å². The number of nitrogens with one attached hydrogen (secondary N) is 2. The number of quaternary nitrogens is 1. The van der Waals surface area contributed by atoms with Gasteiger partial charge in [0.05, 0.1) is 45.1 Å². The molecule has 9 heteroatoms. The lowest BCUT2D eigenvalue weighted by molar-refractivity contribution is -0.884. The lowest BCUT2D eigenvalue weighted by atomic mass is 10.3. The van der Waals surface area contributed by atoms with Crippen LogP contribution in [0.2, 0.25) is 0 Å². The summed E-state index contributed by atoms with van der Waals surface area (Å²) in [5, 5.41) is 16.6. The number of likely N-dealkylation sites (N-methyl/N-ethyl adjacent to an activating group) is 1. The van der Waals surface area contributed by atoms with Crippen molar-refractivity contribution in [1.82, 2.24) is 14.6 Å². The van der Waals surface area contributed by atoms with Crippen LogP contribution in [0.1, 0.15) is 5.56 Å². The molecule has 2 heterocycles. The standard InChI is InChI=1S/C16H18BrN5O3/c1-20-6-8-21(9-7-20)18-10-13-14(23)19-16(25)22(15(13)24)12-4-2-11(17)3-5-12/h2-5,10,24H,6-9H2,1H3,(H,19,23,25)/p+1/b18-10+. The van der Waals surface area contributed by atoms with E-state index in [2.05, 4.69) is 33.1 Å². The Morgan fingerprint density at radius 3 is 2.52 bits per heavy atom. The van der Waals surface area contributed by atoms with E-state index < -0.39 is 17.1 Å². The molecule has 8 nitrogen and oxygen atoms in total. The maximum Gasteiger partial charge on any atom is 0.335 e. The van der Waals surface area contributed by atoms with Crippen molar-refractivity contribution in [2.24, 2.45) is 5.10 Å². The van der Waals surface area contributed by atoms with Crippen LogP contribution < -0.4 is 16.1 Å². The number of hydrogen-bond acceptors (Lipinski definition) is 5. The number of H-pyrrole nitrogens is 1. The van der Waals surface area contributed by atoms with Crippen LogP contribution in [0, 0.1) is 0 Å². The Balaban J connectivity index is 1.97. The summed E-state index contributed by atoms with van der Waals surface area (Å²) in [6.07, 6.45) is 1.31. The lowest BCUT2D eigenvalue weighted by Crippen LogP contribution is -3.11. The fourth-order valence-corrected chi connectivity index (χ4v) is 2.88. The number of benzene rings is 1. The average Bonchev–Trinajstić information content (AvgIpc) is 2.57. The molecular weight excluding hydrogens is 390 g/mol. The third-order valence-corrected chi connectivity index (χ3v) is 4.68. The number of hydrazone groups is 1. The summed E-state index contributed by atoms with van der Waals surface area (Å²) in [6, 6.07) is 6.81. The van der Waals surface area contributed by atoms with Crippen LogP contribution in [0.4, 0.5) is 0 Å². The van der Waals surface area contributed by atoms with E-state index in [-0.39, 0.29) is 5.56 Å². The normalized spacial score (nSPS) is 15.8. The Morgan fingerprint density at radius 1 is 1.24 bits per heavy atom. The minimum atomic E-state index is -0.704. The number of rotatable bonds is 3. The molecule has 1 saturated heterocycles. The smallest absolute Gasteiger partial charge is 0.335 e. The van der Waals surface area contributed by atoms with Gasteiger partial charge in [-0.1, -0.05) is 15.9 Å². The summed E-state index contributed by atoms with van der Waals surface area (Å²) in [5.74, 6) is -0.431. The number of nitrogens with zero attached hydrogens (tertiary/aromatic N) is 3. The molecule has 1 aliphatic heterocycles. The zero-order chi connectivity index (χ0) is 18.0. The SMILES string of the molecule is C[NH+]1CCN(/N=C/c2c(O)n(-c3ccc(Br)cc3)c(=O)[nH]c2=O)CC1. The Labute approximate surface area is 152 Å². The molecule has 0 aliphatic carbocycles. The van der Waals surface area contributed by atoms with Gasteiger partial charge in [-0.05, 0) is 24.3 Å². The van der Waals surface area contributed by atoms with E-state index in [4.69, 9.17) is 0 Å². The first-order chi connectivity index (χ1) is 12.0. The largest absolute Gasteiger partial charge is 0.493 e. The molecule has 0 atom stereocenters. The Kier molecular flexibility index (Phi) is 5.05. The van der Waals surface area contributed by atoms with E-state index in [1.54, 1.807) is 24.3 Å². The Hall–Kier alpha value is -2.39. The topological polar surface area (TPSA) is 95.1 Å². The molecule has 0 radical (unpaired) electrons. The van der Waals surface area contributed by atoms with Gasteiger partial charge in [-0.15, -0.1) is 0 Å². The Bertz CT molecular complexity index is 895. The van der Waals surface area contributed by atoms with E-state index >= 15 is 0 Å². The number of aromatic nitrogens is 2. The Morgan fingerprint density at radius 2 is 1.88 bits per heavy atom. The highest BCUT2D eigenvalue weighted by Crippen LogP contribution is 2.18. The van der Waals surface area contributed by atoms with Crippen LogP contribution in [-0.2, 0) is 0 Å². The maximum atomic E-state index is 12.1. The summed E-state index contributed by atoms with van der Waals surface area (Å²) in [6.45, 7) is 3.46. The average molecular weight is 409 g/mol. The van der Waals surface area contributed by atoms with Crippen molar-refractivity contribution >= 4 is 22.1 Å². The van der Waals surface area contributed by atoms with E-state index in [9.17, 15) is 14.7 Å². The fourth-order valence-electron chi connectivity index (χ4n) is 2.62. The monoisotopic (exact) mass is 408 g/mol. The molecule has 3 N–H and O–H groups in total. The van der Waals surface area contributed by atoms with Gasteiger partial charge < -0.3 is 10.0 Å². The molecule has 0 bridgehead atoms. The van der Waals surface area contributed by atoms with Crippen molar-refractivity contribution in [2.45, 2.75) is 0 Å². The molecule has 0 unspecified atom stereocenters. The predicted octanol–water partition coefficient (Wildman–Crippen LogP) is -0.842. The van der Waals surface area contributed by atoms with Crippen LogP contribution in [0.15, 0.2) is 43.4 Å². The van der Waals surface area contributed by atoms with Crippen molar-refractivity contribution in [3.8, 4) is 11.6 Å². The van der Waals surface area contributed by atoms with E-state index in [1.807, 2.05) is 5.01 Å². The predicted molar refractivity (Wildman–Crippen MR) is 97.8 cm³/mol. The van der Waals surface area contributed by atoms with Crippen molar-refractivity contribution in [2.75, 3.05) is 33.2 Å². The minimum absolute atomic E-state index is 0.0474. The van der Waals surface area contributed by atoms with Gasteiger partial charge in [-0.2, -0.15) is 5.10 Å². The lowest BCUT2D eigenvalue weighted by Gasteiger charge is -2.27. The maximum absolute atomic E-state index is 12.1. The summed E-state index contributed by atoms with van der Waals surface area (Å²) in [4.78, 5) is 27.8. The highest BCUT2D eigenvalue weighted by atomic mass is 79.9. The zero-order valence-electron chi connectivity index (χ0n) is 13.7. The van der Waals surface area contributed by atoms with Gasteiger partial charge >= 0.3 is 5.69 Å². The molecule has 3 rings (SSSR count). The summed E-state index contributed by atoms with van der Waals surface area (Å²) in [5.41, 5.74) is -0.974. The van der Waals surface area contributed by atoms with Crippen LogP contribution >= 0.6 is 15.9 Å². The molecule has 1 fully saturated rings. The second kappa shape index (κ2) is 7.24. The molecule has 0 amide bonds. The van der Waals surface area contributed by atoms with E-state index in [0.29, 0.717) is 5.69 Å². The van der Waals surface area contributed by atoms with Gasteiger partial charge in [0.1, 0.15) is 5.56 Å². The van der Waals surface area contributed by atoms with Crippen LogP contribution in [0.5, 0.6) is 5.88 Å². The fraction of sp³-hybridized carbons (Fsp3) is 0.312. The zero-order valence-corrected chi connectivity index (χ0v) is 15.3. The third kappa shape index (κ3) is 3.83. The van der Waals surface area contributed by atoms with Crippen molar-refractivity contribution in [1.29, 1.82) is 0 Å². The molecule has 0 spiro atoms. The number of piperazine rings is 1. The van der Waals surface area contributed by atoms with Gasteiger partial charge in [0.2, 0.25) is 5.88 Å². The molecule has 25 heavy (non-hydrogen) atoms. The summed E-state index contributed by atoms with van der Waals surface area (Å²) >= 11 is 3.32. The van der Waals surface area contributed by atoms with Crippen LogP contribution in [0.25, 0.3) is 5.69 Å². The highest BCUT2D eigenvalue weighted by molar-refractivity contribution is 9.10. The highest BCUT2D eigenvalue weighted by Gasteiger charge is 2.17. The molecule has 132 valence electrons. The molecule has 1 aromatic carbocycles. The number of aromatic amines is 1. The third-order valence-electron chi connectivity index (χ3n) is 4.15. The molecule has 1 aliphatic rings. The molecular formula is C16H19BrN5O3+. The van der Waals surface area contributed by atoms with Gasteiger partial charge in [0.25, 0.3) is 5.56 Å². The number of halogens is 1. The van der Waals surface area contributed by atoms with Gasteiger partial charge in [-0.25, -0.2) is 9.36 Å². The van der Waals surface area contributed by atoms with Crippen molar-refractivity contribution in [3.63, 3.8) is 0 Å². The molecule has 0 saturated carbocycles. The van der Waals surface area contributed by atoms with Gasteiger partial charge in [-0.3, -0.25) is 14.8 Å². The quantitative estimate of drug-likeness (QED) is 0.577. The second-order valence-electron chi connectivity index (χ2n) is 5.96. The van der Waals surface area contributed by atoms with E-state index in [0.717, 1.165) is 35.2 Å².